The Balaban J connectivity index is 2.23. The molecule has 0 spiro atoms. The van der Waals surface area contributed by atoms with Crippen LogP contribution in [0, 0.1) is 0 Å². The molecule has 5 nitrogen and oxygen atoms in total. The van der Waals surface area contributed by atoms with Crippen LogP contribution in [0.25, 0.3) is 0 Å². The van der Waals surface area contributed by atoms with Crippen molar-refractivity contribution in [2.75, 3.05) is 19.7 Å². The van der Waals surface area contributed by atoms with Gasteiger partial charge in [0.2, 0.25) is 0 Å². The number of rotatable bonds is 3. The third kappa shape index (κ3) is 3.93. The number of aliphatic hydroxyl groups is 1. The summed E-state index contributed by atoms with van der Waals surface area (Å²) in [6.07, 6.45) is -0.429. The zero-order valence-corrected chi connectivity index (χ0v) is 13.3. The third-order valence-electron chi connectivity index (χ3n) is 3.47. The Morgan fingerprint density at radius 3 is 2.86 bits per heavy atom. The molecule has 2 atom stereocenters. The summed E-state index contributed by atoms with van der Waals surface area (Å²) < 4.78 is 5.56. The van der Waals surface area contributed by atoms with Gasteiger partial charge in [0.1, 0.15) is 5.15 Å². The van der Waals surface area contributed by atoms with E-state index in [4.69, 9.17) is 16.3 Å². The number of halogens is 1. The van der Waals surface area contributed by atoms with E-state index in [0.29, 0.717) is 23.8 Å². The zero-order valence-electron chi connectivity index (χ0n) is 12.5. The predicted octanol–water partition coefficient (Wildman–Crippen LogP) is 2.08. The second-order valence-corrected chi connectivity index (χ2v) is 6.11. The molecular formula is C15H21ClN2O3. The molecule has 1 fully saturated rings. The number of aliphatic hydroxyl groups excluding tert-OH is 1. The molecule has 0 aliphatic carbocycles. The maximum atomic E-state index is 12.6. The standard InChI is InChI=1S/C15H21ClN2O3/c1-9(2)13-4-11(5-14(16)17-13)15(20)18-6-10(3)21-12(7-18)8-19/h4-5,9-10,12,19H,6-8H2,1-3H3. The first-order chi connectivity index (χ1) is 9.90. The van der Waals surface area contributed by atoms with E-state index in [0.717, 1.165) is 5.69 Å². The van der Waals surface area contributed by atoms with Gasteiger partial charge in [0.15, 0.2) is 0 Å². The van der Waals surface area contributed by atoms with Crippen LogP contribution >= 0.6 is 11.6 Å². The van der Waals surface area contributed by atoms with E-state index in [1.807, 2.05) is 20.8 Å². The van der Waals surface area contributed by atoms with Crippen molar-refractivity contribution >= 4 is 17.5 Å². The van der Waals surface area contributed by atoms with E-state index < -0.39 is 0 Å². The molecule has 1 aromatic heterocycles. The summed E-state index contributed by atoms with van der Waals surface area (Å²) in [5, 5.41) is 9.57. The van der Waals surface area contributed by atoms with Crippen LogP contribution in [0.2, 0.25) is 5.15 Å². The summed E-state index contributed by atoms with van der Waals surface area (Å²) in [4.78, 5) is 18.6. The van der Waals surface area contributed by atoms with E-state index in [1.54, 1.807) is 17.0 Å². The Labute approximate surface area is 129 Å². The lowest BCUT2D eigenvalue weighted by Crippen LogP contribution is -2.50. The molecule has 0 saturated carbocycles. The number of hydrogen-bond donors (Lipinski definition) is 1. The molecule has 6 heteroatoms. The first-order valence-corrected chi connectivity index (χ1v) is 7.51. The first-order valence-electron chi connectivity index (χ1n) is 7.13. The number of morpholine rings is 1. The van der Waals surface area contributed by atoms with Gasteiger partial charge in [-0.15, -0.1) is 0 Å². The van der Waals surface area contributed by atoms with Crippen molar-refractivity contribution in [2.24, 2.45) is 0 Å². The Bertz CT molecular complexity index is 522. The lowest BCUT2D eigenvalue weighted by atomic mass is 10.1. The molecule has 0 radical (unpaired) electrons. The topological polar surface area (TPSA) is 62.7 Å². The summed E-state index contributed by atoms with van der Waals surface area (Å²) in [5.74, 6) is 0.0962. The molecule has 0 aromatic carbocycles. The highest BCUT2D eigenvalue weighted by Crippen LogP contribution is 2.20. The van der Waals surface area contributed by atoms with Crippen molar-refractivity contribution in [1.82, 2.24) is 9.88 Å². The minimum Gasteiger partial charge on any atom is -0.394 e. The second-order valence-electron chi connectivity index (χ2n) is 5.72. The average Bonchev–Trinajstić information content (AvgIpc) is 2.45. The van der Waals surface area contributed by atoms with E-state index in [9.17, 15) is 9.90 Å². The van der Waals surface area contributed by atoms with Gasteiger partial charge in [-0.3, -0.25) is 4.79 Å². The molecule has 116 valence electrons. The fourth-order valence-corrected chi connectivity index (χ4v) is 2.65. The number of carbonyl (C=O) groups is 1. The number of pyridine rings is 1. The third-order valence-corrected chi connectivity index (χ3v) is 3.66. The van der Waals surface area contributed by atoms with Gasteiger partial charge in [0.25, 0.3) is 5.91 Å². The van der Waals surface area contributed by atoms with Crippen LogP contribution in [-0.2, 0) is 4.74 Å². The van der Waals surface area contributed by atoms with Crippen molar-refractivity contribution in [3.8, 4) is 0 Å². The molecule has 1 saturated heterocycles. The van der Waals surface area contributed by atoms with Crippen molar-refractivity contribution < 1.29 is 14.6 Å². The molecular weight excluding hydrogens is 292 g/mol. The summed E-state index contributed by atoms with van der Waals surface area (Å²) >= 11 is 6.02. The van der Waals surface area contributed by atoms with Crippen LogP contribution < -0.4 is 0 Å². The summed E-state index contributed by atoms with van der Waals surface area (Å²) in [5.41, 5.74) is 1.33. The van der Waals surface area contributed by atoms with Gasteiger partial charge in [0, 0.05) is 24.3 Å². The van der Waals surface area contributed by atoms with E-state index >= 15 is 0 Å². The summed E-state index contributed by atoms with van der Waals surface area (Å²) in [6.45, 7) is 6.70. The van der Waals surface area contributed by atoms with E-state index in [1.165, 1.54) is 0 Å². The van der Waals surface area contributed by atoms with Crippen LogP contribution in [0.1, 0.15) is 42.7 Å². The van der Waals surface area contributed by atoms with Gasteiger partial charge in [-0.05, 0) is 25.0 Å². The maximum absolute atomic E-state index is 12.6. The molecule has 0 bridgehead atoms. The molecule has 2 heterocycles. The van der Waals surface area contributed by atoms with E-state index in [-0.39, 0.29) is 30.6 Å². The Morgan fingerprint density at radius 1 is 1.52 bits per heavy atom. The highest BCUT2D eigenvalue weighted by Gasteiger charge is 2.29. The average molecular weight is 313 g/mol. The molecule has 21 heavy (non-hydrogen) atoms. The minimum absolute atomic E-state index is 0.0948. The lowest BCUT2D eigenvalue weighted by molar-refractivity contribution is -0.0858. The SMILES string of the molecule is CC1CN(C(=O)c2cc(Cl)nc(C(C)C)c2)CC(CO)O1. The highest BCUT2D eigenvalue weighted by atomic mass is 35.5. The van der Waals surface area contributed by atoms with Crippen LogP contribution in [-0.4, -0.2) is 52.8 Å². The number of ether oxygens (including phenoxy) is 1. The highest BCUT2D eigenvalue weighted by molar-refractivity contribution is 6.29. The van der Waals surface area contributed by atoms with Crippen LogP contribution in [0.3, 0.4) is 0 Å². The lowest BCUT2D eigenvalue weighted by Gasteiger charge is -2.36. The Hall–Kier alpha value is -1.17. The quantitative estimate of drug-likeness (QED) is 0.868. The fraction of sp³-hybridized carbons (Fsp3) is 0.600. The zero-order chi connectivity index (χ0) is 15.6. The van der Waals surface area contributed by atoms with Crippen LogP contribution in [0.4, 0.5) is 0 Å². The van der Waals surface area contributed by atoms with Gasteiger partial charge in [-0.1, -0.05) is 25.4 Å². The summed E-state index contributed by atoms with van der Waals surface area (Å²) in [7, 11) is 0. The van der Waals surface area contributed by atoms with Crippen molar-refractivity contribution in [3.05, 3.63) is 28.5 Å². The molecule has 2 unspecified atom stereocenters. The molecule has 1 aliphatic heterocycles. The molecule has 2 rings (SSSR count). The Morgan fingerprint density at radius 2 is 2.24 bits per heavy atom. The summed E-state index contributed by atoms with van der Waals surface area (Å²) in [6, 6.07) is 3.37. The second kappa shape index (κ2) is 6.73. The maximum Gasteiger partial charge on any atom is 0.254 e. The van der Waals surface area contributed by atoms with Gasteiger partial charge in [0.05, 0.1) is 18.8 Å². The molecule has 1 aliphatic rings. The molecule has 1 aromatic rings. The normalized spacial score (nSPS) is 22.7. The Kier molecular flexibility index (Phi) is 5.19. The van der Waals surface area contributed by atoms with Gasteiger partial charge < -0.3 is 14.7 Å². The molecule has 1 amide bonds. The van der Waals surface area contributed by atoms with Crippen LogP contribution in [0.5, 0.6) is 0 Å². The number of aromatic nitrogens is 1. The van der Waals surface area contributed by atoms with Gasteiger partial charge in [-0.2, -0.15) is 0 Å². The monoisotopic (exact) mass is 312 g/mol. The number of hydrogen-bond acceptors (Lipinski definition) is 4. The first kappa shape index (κ1) is 16.2. The van der Waals surface area contributed by atoms with Crippen molar-refractivity contribution in [1.29, 1.82) is 0 Å². The minimum atomic E-state index is -0.334. The molecule has 1 N–H and O–H groups in total. The largest absolute Gasteiger partial charge is 0.394 e. The van der Waals surface area contributed by atoms with Crippen LogP contribution in [0.15, 0.2) is 12.1 Å². The smallest absolute Gasteiger partial charge is 0.254 e. The van der Waals surface area contributed by atoms with E-state index in [2.05, 4.69) is 4.98 Å². The fourth-order valence-electron chi connectivity index (χ4n) is 2.43. The van der Waals surface area contributed by atoms with Crippen molar-refractivity contribution in [2.45, 2.75) is 38.9 Å². The van der Waals surface area contributed by atoms with Crippen molar-refractivity contribution in [3.63, 3.8) is 0 Å². The predicted molar refractivity (Wildman–Crippen MR) is 80.7 cm³/mol. The number of amides is 1. The van der Waals surface area contributed by atoms with Gasteiger partial charge >= 0.3 is 0 Å². The van der Waals surface area contributed by atoms with Gasteiger partial charge in [-0.25, -0.2) is 4.98 Å². The number of nitrogens with zero attached hydrogens (tertiary/aromatic N) is 2. The number of carbonyl (C=O) groups excluding carboxylic acids is 1.